The second-order valence-electron chi connectivity index (χ2n) is 7.68. The minimum Gasteiger partial charge on any atom is -0.354 e. The van der Waals surface area contributed by atoms with Crippen molar-refractivity contribution >= 4 is 15.8 Å². The molecule has 5 nitrogen and oxygen atoms in total. The molecule has 2 bridgehead atoms. The molecule has 0 radical (unpaired) electrons. The van der Waals surface area contributed by atoms with Crippen molar-refractivity contribution in [2.75, 3.05) is 18.1 Å². The van der Waals surface area contributed by atoms with Crippen molar-refractivity contribution in [3.8, 4) is 0 Å². The van der Waals surface area contributed by atoms with Gasteiger partial charge >= 0.3 is 0 Å². The fourth-order valence-electron chi connectivity index (χ4n) is 4.24. The van der Waals surface area contributed by atoms with Crippen molar-refractivity contribution in [3.05, 3.63) is 0 Å². The molecule has 1 heterocycles. The van der Waals surface area contributed by atoms with Gasteiger partial charge in [0.15, 0.2) is 15.8 Å². The number of nitrogens with one attached hydrogen (secondary N) is 2. The molecule has 0 aromatic carbocycles. The van der Waals surface area contributed by atoms with E-state index in [-0.39, 0.29) is 5.92 Å². The maximum atomic E-state index is 11.5. The summed E-state index contributed by atoms with van der Waals surface area (Å²) in [7, 11) is -2.81. The summed E-state index contributed by atoms with van der Waals surface area (Å²) < 4.78 is 23.1. The van der Waals surface area contributed by atoms with Gasteiger partial charge in [0.25, 0.3) is 0 Å². The number of guanidine groups is 1. The summed E-state index contributed by atoms with van der Waals surface area (Å²) in [5.41, 5.74) is 0. The van der Waals surface area contributed by atoms with Crippen molar-refractivity contribution < 1.29 is 8.42 Å². The van der Waals surface area contributed by atoms with E-state index in [4.69, 9.17) is 0 Å². The van der Waals surface area contributed by atoms with Crippen LogP contribution in [0, 0.1) is 17.8 Å². The van der Waals surface area contributed by atoms with Crippen LogP contribution < -0.4 is 10.6 Å². The van der Waals surface area contributed by atoms with Crippen LogP contribution in [0.1, 0.15) is 46.0 Å². The molecule has 4 atom stereocenters. The van der Waals surface area contributed by atoms with Crippen LogP contribution in [-0.2, 0) is 9.84 Å². The van der Waals surface area contributed by atoms with E-state index in [0.717, 1.165) is 24.2 Å². The summed E-state index contributed by atoms with van der Waals surface area (Å²) in [4.78, 5) is 4.69. The SMILES string of the molecule is CC(C)NC(=NCC1CCS(=O)(=O)C1)NC1CC2CCC1C2. The van der Waals surface area contributed by atoms with Gasteiger partial charge in [0.1, 0.15) is 0 Å². The molecule has 2 N–H and O–H groups in total. The quantitative estimate of drug-likeness (QED) is 0.607. The minimum absolute atomic E-state index is 0.191. The third-order valence-electron chi connectivity index (χ3n) is 5.32. The van der Waals surface area contributed by atoms with Gasteiger partial charge < -0.3 is 10.6 Å². The Morgan fingerprint density at radius 1 is 1.23 bits per heavy atom. The number of nitrogens with zero attached hydrogens (tertiary/aromatic N) is 1. The fourth-order valence-corrected chi connectivity index (χ4v) is 6.09. The standard InChI is InChI=1S/C16H29N3O2S/c1-11(2)18-16(17-9-13-5-6-22(20,21)10-13)19-15-8-12-3-4-14(15)7-12/h11-15H,3-10H2,1-2H3,(H2,17,18,19). The molecule has 3 fully saturated rings. The van der Waals surface area contributed by atoms with E-state index >= 15 is 0 Å². The molecule has 3 rings (SSSR count). The molecule has 1 saturated heterocycles. The molecular formula is C16H29N3O2S. The predicted molar refractivity (Wildman–Crippen MR) is 89.7 cm³/mol. The molecule has 0 aromatic heterocycles. The van der Waals surface area contributed by atoms with Gasteiger partial charge in [-0.15, -0.1) is 0 Å². The third-order valence-corrected chi connectivity index (χ3v) is 7.16. The number of fused-ring (bicyclic) bond motifs is 2. The van der Waals surface area contributed by atoms with Crippen molar-refractivity contribution in [1.82, 2.24) is 10.6 Å². The van der Waals surface area contributed by atoms with E-state index in [1.54, 1.807) is 0 Å². The average Bonchev–Trinajstić information content (AvgIpc) is 3.10. The summed E-state index contributed by atoms with van der Waals surface area (Å²) in [6, 6.07) is 0.883. The molecule has 22 heavy (non-hydrogen) atoms. The highest BCUT2D eigenvalue weighted by Gasteiger charge is 2.39. The zero-order chi connectivity index (χ0) is 15.7. The first-order valence-corrected chi connectivity index (χ1v) is 10.5. The topological polar surface area (TPSA) is 70.6 Å². The van der Waals surface area contributed by atoms with Gasteiger partial charge in [-0.1, -0.05) is 6.42 Å². The van der Waals surface area contributed by atoms with Crippen LogP contribution in [0.15, 0.2) is 4.99 Å². The van der Waals surface area contributed by atoms with E-state index in [0.29, 0.717) is 30.1 Å². The van der Waals surface area contributed by atoms with Gasteiger partial charge in [-0.05, 0) is 57.3 Å². The number of hydrogen-bond donors (Lipinski definition) is 2. The Bertz CT molecular complexity index is 530. The first-order valence-electron chi connectivity index (χ1n) is 8.69. The Hall–Kier alpha value is -0.780. The summed E-state index contributed by atoms with van der Waals surface area (Å²) >= 11 is 0. The molecule has 2 saturated carbocycles. The Kier molecular flexibility index (Phi) is 4.67. The van der Waals surface area contributed by atoms with Gasteiger partial charge in [-0.3, -0.25) is 4.99 Å². The largest absolute Gasteiger partial charge is 0.354 e. The maximum Gasteiger partial charge on any atom is 0.191 e. The zero-order valence-corrected chi connectivity index (χ0v) is 14.5. The van der Waals surface area contributed by atoms with E-state index < -0.39 is 9.84 Å². The smallest absolute Gasteiger partial charge is 0.191 e. The van der Waals surface area contributed by atoms with Crippen LogP contribution in [0.5, 0.6) is 0 Å². The van der Waals surface area contributed by atoms with Crippen molar-refractivity contribution in [2.45, 2.75) is 58.0 Å². The molecule has 2 aliphatic carbocycles. The van der Waals surface area contributed by atoms with Crippen LogP contribution in [0.3, 0.4) is 0 Å². The molecule has 0 amide bonds. The highest BCUT2D eigenvalue weighted by atomic mass is 32.2. The summed E-state index contributed by atoms with van der Waals surface area (Å²) in [6.07, 6.45) is 6.13. The highest BCUT2D eigenvalue weighted by Crippen LogP contribution is 2.44. The van der Waals surface area contributed by atoms with Gasteiger partial charge in [0.05, 0.1) is 11.5 Å². The molecular weight excluding hydrogens is 298 g/mol. The van der Waals surface area contributed by atoms with Crippen LogP contribution in [0.2, 0.25) is 0 Å². The Labute approximate surface area is 134 Å². The number of rotatable bonds is 4. The molecule has 1 aliphatic heterocycles. The van der Waals surface area contributed by atoms with E-state index in [1.807, 2.05) is 0 Å². The lowest BCUT2D eigenvalue weighted by Gasteiger charge is -2.26. The number of hydrogen-bond acceptors (Lipinski definition) is 3. The Morgan fingerprint density at radius 3 is 2.59 bits per heavy atom. The fraction of sp³-hybridized carbons (Fsp3) is 0.938. The molecule has 6 heteroatoms. The second kappa shape index (κ2) is 6.38. The van der Waals surface area contributed by atoms with Gasteiger partial charge in [0.2, 0.25) is 0 Å². The van der Waals surface area contributed by atoms with Gasteiger partial charge in [0, 0.05) is 18.6 Å². The molecule has 4 unspecified atom stereocenters. The molecule has 3 aliphatic rings. The van der Waals surface area contributed by atoms with Crippen LogP contribution >= 0.6 is 0 Å². The minimum atomic E-state index is -2.81. The lowest BCUT2D eigenvalue weighted by Crippen LogP contribution is -2.48. The monoisotopic (exact) mass is 327 g/mol. The van der Waals surface area contributed by atoms with Gasteiger partial charge in [-0.2, -0.15) is 0 Å². The first-order chi connectivity index (χ1) is 10.4. The maximum absolute atomic E-state index is 11.5. The van der Waals surface area contributed by atoms with E-state index in [1.165, 1.54) is 25.7 Å². The van der Waals surface area contributed by atoms with E-state index in [2.05, 4.69) is 29.5 Å². The normalized spacial score (nSPS) is 37.0. The molecule has 0 spiro atoms. The van der Waals surface area contributed by atoms with Crippen molar-refractivity contribution in [2.24, 2.45) is 22.7 Å². The Morgan fingerprint density at radius 2 is 2.05 bits per heavy atom. The van der Waals surface area contributed by atoms with Crippen molar-refractivity contribution in [1.29, 1.82) is 0 Å². The van der Waals surface area contributed by atoms with Crippen LogP contribution in [0.4, 0.5) is 0 Å². The average molecular weight is 327 g/mol. The summed E-state index contributed by atoms with van der Waals surface area (Å²) in [6.45, 7) is 4.83. The summed E-state index contributed by atoms with van der Waals surface area (Å²) in [5.74, 6) is 3.41. The highest BCUT2D eigenvalue weighted by molar-refractivity contribution is 7.91. The first kappa shape index (κ1) is 16.1. The summed E-state index contributed by atoms with van der Waals surface area (Å²) in [5, 5.41) is 7.01. The Balaban J connectivity index is 1.58. The lowest BCUT2D eigenvalue weighted by molar-refractivity contribution is 0.386. The van der Waals surface area contributed by atoms with Crippen molar-refractivity contribution in [3.63, 3.8) is 0 Å². The molecule has 0 aromatic rings. The third kappa shape index (κ3) is 3.94. The number of sulfone groups is 1. The van der Waals surface area contributed by atoms with Crippen LogP contribution in [0.25, 0.3) is 0 Å². The zero-order valence-electron chi connectivity index (χ0n) is 13.7. The van der Waals surface area contributed by atoms with Crippen LogP contribution in [-0.4, -0.2) is 44.5 Å². The second-order valence-corrected chi connectivity index (χ2v) is 9.91. The predicted octanol–water partition coefficient (Wildman–Crippen LogP) is 1.55. The number of aliphatic imine (C=N–C) groups is 1. The van der Waals surface area contributed by atoms with E-state index in [9.17, 15) is 8.42 Å². The molecule has 126 valence electrons. The lowest BCUT2D eigenvalue weighted by atomic mass is 9.95. The van der Waals surface area contributed by atoms with Gasteiger partial charge in [-0.25, -0.2) is 8.42 Å².